The number of rotatable bonds is 17. The standard InChI is InChI=1S/C39H52N2O8/c1-26(2)47-37(45)34(22-28-10-14-32(42)15-11-28)41(35(38(46)48-27(3)4)23-29-12-16-33(43)17-13-29)20-18-30(21-31-9-8-19-40-25-31)24-36(44)49-39(5,6)7/h8-17,19,25-27,30,34-35,42-43H,18,20-24H2,1-7H3. The first-order chi connectivity index (χ1) is 23.1. The van der Waals surface area contributed by atoms with Crippen LogP contribution in [0.15, 0.2) is 73.1 Å². The molecular weight excluding hydrogens is 624 g/mol. The maximum Gasteiger partial charge on any atom is 0.323 e. The third-order valence-corrected chi connectivity index (χ3v) is 7.70. The van der Waals surface area contributed by atoms with Gasteiger partial charge in [-0.05, 0) is 127 Å². The van der Waals surface area contributed by atoms with Crippen molar-refractivity contribution in [3.05, 3.63) is 89.7 Å². The Morgan fingerprint density at radius 2 is 1.22 bits per heavy atom. The summed E-state index contributed by atoms with van der Waals surface area (Å²) in [5.41, 5.74) is 1.81. The lowest BCUT2D eigenvalue weighted by atomic mass is 9.92. The van der Waals surface area contributed by atoms with Crippen LogP contribution in [-0.4, -0.2) is 74.4 Å². The average Bonchev–Trinajstić information content (AvgIpc) is 3.00. The maximum atomic E-state index is 14.0. The number of carbonyl (C=O) groups is 3. The molecule has 2 aromatic carbocycles. The van der Waals surface area contributed by atoms with Crippen LogP contribution in [0, 0.1) is 5.92 Å². The number of pyridine rings is 1. The summed E-state index contributed by atoms with van der Waals surface area (Å²) in [6.45, 7) is 12.8. The van der Waals surface area contributed by atoms with Crippen LogP contribution in [0.2, 0.25) is 0 Å². The number of esters is 3. The Labute approximate surface area is 290 Å². The lowest BCUT2D eigenvalue weighted by Crippen LogP contribution is -2.54. The van der Waals surface area contributed by atoms with E-state index in [4.69, 9.17) is 14.2 Å². The Bertz CT molecular complexity index is 1390. The lowest BCUT2D eigenvalue weighted by molar-refractivity contribution is -0.163. The topological polar surface area (TPSA) is 135 Å². The molecule has 0 aliphatic rings. The van der Waals surface area contributed by atoms with Crippen molar-refractivity contribution in [2.45, 2.75) is 110 Å². The molecule has 10 heteroatoms. The highest BCUT2D eigenvalue weighted by Crippen LogP contribution is 2.26. The number of phenols is 2. The first-order valence-electron chi connectivity index (χ1n) is 16.9. The second-order valence-electron chi connectivity index (χ2n) is 14.0. The minimum atomic E-state index is -0.922. The number of nitrogens with zero attached hydrogens (tertiary/aromatic N) is 2. The van der Waals surface area contributed by atoms with Gasteiger partial charge in [-0.25, -0.2) is 0 Å². The summed E-state index contributed by atoms with van der Waals surface area (Å²) < 4.78 is 17.3. The molecule has 1 aromatic heterocycles. The van der Waals surface area contributed by atoms with Gasteiger partial charge in [-0.15, -0.1) is 0 Å². The van der Waals surface area contributed by atoms with Gasteiger partial charge in [0.15, 0.2) is 0 Å². The fourth-order valence-corrected chi connectivity index (χ4v) is 5.61. The maximum absolute atomic E-state index is 14.0. The average molecular weight is 677 g/mol. The predicted octanol–water partition coefficient (Wildman–Crippen LogP) is 6.20. The summed E-state index contributed by atoms with van der Waals surface area (Å²) >= 11 is 0. The minimum absolute atomic E-state index is 0.0908. The molecule has 3 rings (SSSR count). The number of hydrogen-bond acceptors (Lipinski definition) is 10. The summed E-state index contributed by atoms with van der Waals surface area (Å²) in [4.78, 5) is 47.2. The van der Waals surface area contributed by atoms with E-state index < -0.39 is 41.8 Å². The molecule has 0 fully saturated rings. The second kappa shape index (κ2) is 18.4. The van der Waals surface area contributed by atoms with Crippen LogP contribution < -0.4 is 0 Å². The highest BCUT2D eigenvalue weighted by Gasteiger charge is 2.38. The van der Waals surface area contributed by atoms with Gasteiger partial charge in [0.1, 0.15) is 29.2 Å². The third kappa shape index (κ3) is 13.9. The number of ether oxygens (including phenoxy) is 3. The quantitative estimate of drug-likeness (QED) is 0.126. The number of benzene rings is 2. The van der Waals surface area contributed by atoms with Crippen molar-refractivity contribution < 1.29 is 38.8 Å². The highest BCUT2D eigenvalue weighted by atomic mass is 16.6. The minimum Gasteiger partial charge on any atom is -0.508 e. The van der Waals surface area contributed by atoms with E-state index in [0.717, 1.165) is 16.7 Å². The van der Waals surface area contributed by atoms with Crippen molar-refractivity contribution in [3.8, 4) is 11.5 Å². The van der Waals surface area contributed by atoms with Crippen molar-refractivity contribution >= 4 is 17.9 Å². The van der Waals surface area contributed by atoms with Gasteiger partial charge in [0.05, 0.1) is 12.2 Å². The SMILES string of the molecule is CC(C)OC(=O)C(Cc1ccc(O)cc1)N(CCC(CC(=O)OC(C)(C)C)Cc1cccnc1)C(Cc1ccc(O)cc1)C(=O)OC(C)C. The van der Waals surface area contributed by atoms with Crippen LogP contribution in [0.5, 0.6) is 11.5 Å². The van der Waals surface area contributed by atoms with Gasteiger partial charge in [-0.2, -0.15) is 0 Å². The molecule has 0 saturated heterocycles. The molecule has 0 spiro atoms. The van der Waals surface area contributed by atoms with Gasteiger partial charge in [0.2, 0.25) is 0 Å². The van der Waals surface area contributed by atoms with Gasteiger partial charge < -0.3 is 24.4 Å². The first-order valence-corrected chi connectivity index (χ1v) is 16.9. The van der Waals surface area contributed by atoms with Crippen LogP contribution >= 0.6 is 0 Å². The molecule has 1 heterocycles. The fraction of sp³-hybridized carbons (Fsp3) is 0.487. The Kier molecular flexibility index (Phi) is 14.6. The Balaban J connectivity index is 2.10. The van der Waals surface area contributed by atoms with Crippen molar-refractivity contribution in [1.82, 2.24) is 9.88 Å². The molecule has 3 atom stereocenters. The monoisotopic (exact) mass is 676 g/mol. The zero-order valence-electron chi connectivity index (χ0n) is 29.8. The largest absolute Gasteiger partial charge is 0.508 e. The van der Waals surface area contributed by atoms with E-state index in [0.29, 0.717) is 12.8 Å². The van der Waals surface area contributed by atoms with Crippen molar-refractivity contribution in [1.29, 1.82) is 0 Å². The zero-order chi connectivity index (χ0) is 36.1. The molecule has 0 bridgehead atoms. The van der Waals surface area contributed by atoms with E-state index in [1.165, 1.54) is 0 Å². The Morgan fingerprint density at radius 3 is 1.63 bits per heavy atom. The summed E-state index contributed by atoms with van der Waals surface area (Å²) in [5, 5.41) is 19.9. The molecular formula is C39H52N2O8. The molecule has 0 radical (unpaired) electrons. The summed E-state index contributed by atoms with van der Waals surface area (Å²) in [6.07, 6.45) is 4.07. The molecule has 3 unspecified atom stereocenters. The summed E-state index contributed by atoms with van der Waals surface area (Å²) in [6, 6.07) is 15.1. The summed E-state index contributed by atoms with van der Waals surface area (Å²) in [5.74, 6) is -1.39. The van der Waals surface area contributed by atoms with E-state index in [1.54, 1.807) is 88.6 Å². The van der Waals surface area contributed by atoms with Crippen molar-refractivity contribution in [2.24, 2.45) is 5.92 Å². The van der Waals surface area contributed by atoms with E-state index in [9.17, 15) is 24.6 Å². The number of phenolic OH excluding ortho intramolecular Hbond substituents is 2. The molecule has 3 aromatic rings. The van der Waals surface area contributed by atoms with Crippen LogP contribution in [0.1, 0.15) is 78.0 Å². The first kappa shape index (κ1) is 39.0. The van der Waals surface area contributed by atoms with E-state index in [-0.39, 0.29) is 49.2 Å². The highest BCUT2D eigenvalue weighted by molar-refractivity contribution is 5.80. The molecule has 49 heavy (non-hydrogen) atoms. The lowest BCUT2D eigenvalue weighted by Gasteiger charge is -2.37. The van der Waals surface area contributed by atoms with E-state index in [2.05, 4.69) is 4.98 Å². The van der Waals surface area contributed by atoms with Crippen LogP contribution in [0.3, 0.4) is 0 Å². The molecule has 0 saturated carbocycles. The normalized spacial score (nSPS) is 13.6. The summed E-state index contributed by atoms with van der Waals surface area (Å²) in [7, 11) is 0. The molecule has 0 aliphatic carbocycles. The van der Waals surface area contributed by atoms with Crippen molar-refractivity contribution in [3.63, 3.8) is 0 Å². The smallest absolute Gasteiger partial charge is 0.323 e. The Hall–Kier alpha value is -4.44. The van der Waals surface area contributed by atoms with E-state index >= 15 is 0 Å². The van der Waals surface area contributed by atoms with Crippen LogP contribution in [0.4, 0.5) is 0 Å². The van der Waals surface area contributed by atoms with Gasteiger partial charge >= 0.3 is 17.9 Å². The molecule has 266 valence electrons. The number of aromatic nitrogens is 1. The fourth-order valence-electron chi connectivity index (χ4n) is 5.61. The van der Waals surface area contributed by atoms with Gasteiger partial charge in [0, 0.05) is 25.4 Å². The zero-order valence-corrected chi connectivity index (χ0v) is 29.8. The second-order valence-corrected chi connectivity index (χ2v) is 14.0. The van der Waals surface area contributed by atoms with E-state index in [1.807, 2.05) is 37.8 Å². The van der Waals surface area contributed by atoms with Crippen LogP contribution in [-0.2, 0) is 47.9 Å². The molecule has 10 nitrogen and oxygen atoms in total. The van der Waals surface area contributed by atoms with Gasteiger partial charge in [-0.1, -0.05) is 30.3 Å². The van der Waals surface area contributed by atoms with Crippen molar-refractivity contribution in [2.75, 3.05) is 6.54 Å². The Morgan fingerprint density at radius 1 is 0.735 bits per heavy atom. The molecule has 0 aliphatic heterocycles. The predicted molar refractivity (Wildman–Crippen MR) is 187 cm³/mol. The van der Waals surface area contributed by atoms with Gasteiger partial charge in [0.25, 0.3) is 0 Å². The van der Waals surface area contributed by atoms with Crippen LogP contribution in [0.25, 0.3) is 0 Å². The van der Waals surface area contributed by atoms with Gasteiger partial charge in [-0.3, -0.25) is 24.3 Å². The number of aromatic hydroxyl groups is 2. The third-order valence-electron chi connectivity index (χ3n) is 7.70. The number of carbonyl (C=O) groups excluding carboxylic acids is 3. The number of hydrogen-bond donors (Lipinski definition) is 2. The molecule has 2 N–H and O–H groups in total. The molecule has 0 amide bonds.